The molecule has 0 fully saturated rings. The molecule has 0 radical (unpaired) electrons. The van der Waals surface area contributed by atoms with Gasteiger partial charge in [0.2, 0.25) is 0 Å². The lowest BCUT2D eigenvalue weighted by Crippen LogP contribution is -2.11. The van der Waals surface area contributed by atoms with Gasteiger partial charge >= 0.3 is 6.18 Å². The summed E-state index contributed by atoms with van der Waals surface area (Å²) in [5.74, 6) is 1.43. The maximum atomic E-state index is 13.2. The summed E-state index contributed by atoms with van der Waals surface area (Å²) in [5.41, 5.74) is 1.39. The summed E-state index contributed by atoms with van der Waals surface area (Å²) >= 11 is 0. The second-order valence-corrected chi connectivity index (χ2v) is 6.71. The van der Waals surface area contributed by atoms with Crippen LogP contribution in [0.25, 0.3) is 11.0 Å². The average Bonchev–Trinajstić information content (AvgIpc) is 3.31. The van der Waals surface area contributed by atoms with Crippen molar-refractivity contribution in [1.82, 2.24) is 9.55 Å². The Hall–Kier alpha value is -3.02. The number of fused-ring (bicyclic) bond motifs is 1. The Morgan fingerprint density at radius 2 is 1.82 bits per heavy atom. The fraction of sp³-hybridized carbons (Fsp3) is 0.227. The monoisotopic (exact) mass is 384 g/mol. The van der Waals surface area contributed by atoms with Gasteiger partial charge in [0.25, 0.3) is 0 Å². The van der Waals surface area contributed by atoms with Crippen LogP contribution in [-0.2, 0) is 12.7 Å². The first kappa shape index (κ1) is 18.3. The van der Waals surface area contributed by atoms with Crippen LogP contribution in [0.2, 0.25) is 0 Å². The molecule has 144 valence electrons. The number of furan rings is 1. The molecule has 0 amide bonds. The van der Waals surface area contributed by atoms with Gasteiger partial charge in [-0.25, -0.2) is 4.98 Å². The number of imidazole rings is 1. The van der Waals surface area contributed by atoms with Crippen molar-refractivity contribution < 1.29 is 17.6 Å². The van der Waals surface area contributed by atoms with E-state index in [9.17, 15) is 13.2 Å². The molecule has 4 rings (SSSR count). The van der Waals surface area contributed by atoms with Crippen molar-refractivity contribution in [2.45, 2.75) is 32.0 Å². The van der Waals surface area contributed by atoms with Crippen LogP contribution in [0, 0.1) is 0 Å². The van der Waals surface area contributed by atoms with Crippen molar-refractivity contribution in [2.24, 2.45) is 0 Å². The smallest absolute Gasteiger partial charge is 0.416 e. The number of hydrogen-bond acceptors (Lipinski definition) is 2. The van der Waals surface area contributed by atoms with Crippen LogP contribution < -0.4 is 0 Å². The highest BCUT2D eigenvalue weighted by atomic mass is 19.4. The minimum atomic E-state index is -4.40. The number of rotatable bonds is 5. The highest BCUT2D eigenvalue weighted by Crippen LogP contribution is 2.34. The molecule has 0 bridgehead atoms. The van der Waals surface area contributed by atoms with Crippen molar-refractivity contribution in [3.05, 3.63) is 89.6 Å². The molecule has 2 aromatic carbocycles. The normalized spacial score (nSPS) is 13.1. The number of halogens is 3. The zero-order valence-electron chi connectivity index (χ0n) is 15.3. The second-order valence-electron chi connectivity index (χ2n) is 6.71. The van der Waals surface area contributed by atoms with E-state index in [0.717, 1.165) is 35.7 Å². The second kappa shape index (κ2) is 7.19. The van der Waals surface area contributed by atoms with E-state index in [4.69, 9.17) is 4.42 Å². The minimum absolute atomic E-state index is 0.0297. The van der Waals surface area contributed by atoms with Gasteiger partial charge in [0.15, 0.2) is 0 Å². The quantitative estimate of drug-likeness (QED) is 0.408. The minimum Gasteiger partial charge on any atom is -0.467 e. The number of alkyl halides is 3. The largest absolute Gasteiger partial charge is 0.467 e. The van der Waals surface area contributed by atoms with Crippen molar-refractivity contribution in [1.29, 1.82) is 0 Å². The molecule has 0 N–H and O–H groups in total. The van der Waals surface area contributed by atoms with Crippen LogP contribution in [0.3, 0.4) is 0 Å². The summed E-state index contributed by atoms with van der Waals surface area (Å²) in [6.07, 6.45) is -2.04. The topological polar surface area (TPSA) is 31.0 Å². The Balaban J connectivity index is 1.89. The molecule has 3 nitrogen and oxygen atoms in total. The predicted molar refractivity (Wildman–Crippen MR) is 101 cm³/mol. The summed E-state index contributed by atoms with van der Waals surface area (Å²) in [5, 5.41) is 0. The molecular formula is C22H19F3N2O. The van der Waals surface area contributed by atoms with Crippen molar-refractivity contribution in [3.8, 4) is 0 Å². The van der Waals surface area contributed by atoms with Gasteiger partial charge in [-0.2, -0.15) is 13.2 Å². The third-order valence-corrected chi connectivity index (χ3v) is 4.92. The van der Waals surface area contributed by atoms with E-state index in [1.807, 2.05) is 41.0 Å². The zero-order chi connectivity index (χ0) is 19.7. The summed E-state index contributed by atoms with van der Waals surface area (Å²) in [7, 11) is 0. The summed E-state index contributed by atoms with van der Waals surface area (Å²) in [6.45, 7) is 2.46. The summed E-state index contributed by atoms with van der Waals surface area (Å²) in [6, 6.07) is 17.3. The fourth-order valence-electron chi connectivity index (χ4n) is 3.57. The Kier molecular flexibility index (Phi) is 4.71. The molecule has 1 unspecified atom stereocenters. The van der Waals surface area contributed by atoms with Crippen molar-refractivity contribution in [3.63, 3.8) is 0 Å². The van der Waals surface area contributed by atoms with E-state index in [1.54, 1.807) is 12.3 Å². The van der Waals surface area contributed by atoms with Crippen LogP contribution in [-0.4, -0.2) is 9.55 Å². The maximum Gasteiger partial charge on any atom is 0.416 e. The van der Waals surface area contributed by atoms with E-state index in [0.29, 0.717) is 17.6 Å². The SMILES string of the molecule is CCC(c1ccccc1)c1nc2cc(C(F)(F)F)ccc2n1Cc1ccco1. The lowest BCUT2D eigenvalue weighted by molar-refractivity contribution is -0.137. The molecule has 2 heterocycles. The molecule has 28 heavy (non-hydrogen) atoms. The Bertz CT molecular complexity index is 1070. The first-order valence-electron chi connectivity index (χ1n) is 9.12. The molecule has 6 heteroatoms. The highest BCUT2D eigenvalue weighted by Gasteiger charge is 2.31. The molecular weight excluding hydrogens is 365 g/mol. The van der Waals surface area contributed by atoms with Crippen LogP contribution in [0.15, 0.2) is 71.3 Å². The number of hydrogen-bond donors (Lipinski definition) is 0. The zero-order valence-corrected chi connectivity index (χ0v) is 15.3. The first-order chi connectivity index (χ1) is 13.5. The summed E-state index contributed by atoms with van der Waals surface area (Å²) < 4.78 is 46.9. The molecule has 0 aliphatic heterocycles. The Morgan fingerprint density at radius 3 is 2.46 bits per heavy atom. The van der Waals surface area contributed by atoms with Crippen molar-refractivity contribution in [2.75, 3.05) is 0 Å². The lowest BCUT2D eigenvalue weighted by atomic mass is 9.95. The Morgan fingerprint density at radius 1 is 1.04 bits per heavy atom. The third kappa shape index (κ3) is 3.42. The molecule has 2 aromatic heterocycles. The number of aromatic nitrogens is 2. The lowest BCUT2D eigenvalue weighted by Gasteiger charge is -2.17. The van der Waals surface area contributed by atoms with Gasteiger partial charge in [-0.1, -0.05) is 37.3 Å². The van der Waals surface area contributed by atoms with Gasteiger partial charge < -0.3 is 8.98 Å². The standard InChI is InChI=1S/C22H19F3N2O/c1-2-18(15-7-4-3-5-8-15)21-26-19-13-16(22(23,24)25)10-11-20(19)27(21)14-17-9-6-12-28-17/h3-13,18H,2,14H2,1H3. The predicted octanol–water partition coefficient (Wildman–Crippen LogP) is 6.24. The van der Waals surface area contributed by atoms with Gasteiger partial charge in [0, 0.05) is 5.92 Å². The van der Waals surface area contributed by atoms with E-state index in [1.165, 1.54) is 6.07 Å². The van der Waals surface area contributed by atoms with Gasteiger partial charge in [-0.3, -0.25) is 0 Å². The molecule has 0 saturated heterocycles. The number of benzene rings is 2. The fourth-order valence-corrected chi connectivity index (χ4v) is 3.57. The van der Waals surface area contributed by atoms with Gasteiger partial charge in [0.05, 0.1) is 29.4 Å². The van der Waals surface area contributed by atoms with Crippen LogP contribution in [0.5, 0.6) is 0 Å². The number of nitrogens with zero attached hydrogens (tertiary/aromatic N) is 2. The molecule has 0 aliphatic rings. The van der Waals surface area contributed by atoms with Gasteiger partial charge in [-0.15, -0.1) is 0 Å². The van der Waals surface area contributed by atoms with E-state index in [2.05, 4.69) is 11.9 Å². The van der Waals surface area contributed by atoms with Gasteiger partial charge in [0.1, 0.15) is 11.6 Å². The first-order valence-corrected chi connectivity index (χ1v) is 9.12. The maximum absolute atomic E-state index is 13.2. The molecule has 0 saturated carbocycles. The average molecular weight is 384 g/mol. The third-order valence-electron chi connectivity index (χ3n) is 4.92. The van der Waals surface area contributed by atoms with E-state index in [-0.39, 0.29) is 5.92 Å². The van der Waals surface area contributed by atoms with E-state index < -0.39 is 11.7 Å². The van der Waals surface area contributed by atoms with E-state index >= 15 is 0 Å². The summed E-state index contributed by atoms with van der Waals surface area (Å²) in [4.78, 5) is 4.64. The molecule has 0 aliphatic carbocycles. The van der Waals surface area contributed by atoms with Crippen LogP contribution in [0.1, 0.15) is 42.0 Å². The molecule has 1 atom stereocenters. The molecule has 4 aromatic rings. The molecule has 0 spiro atoms. The highest BCUT2D eigenvalue weighted by molar-refractivity contribution is 5.77. The van der Waals surface area contributed by atoms with Crippen LogP contribution in [0.4, 0.5) is 13.2 Å². The van der Waals surface area contributed by atoms with Gasteiger partial charge in [-0.05, 0) is 42.3 Å². The Labute approximate surface area is 160 Å². The van der Waals surface area contributed by atoms with Crippen molar-refractivity contribution >= 4 is 11.0 Å². The van der Waals surface area contributed by atoms with Crippen LogP contribution >= 0.6 is 0 Å².